The maximum absolute atomic E-state index is 12.6. The molecule has 1 amide bonds. The van der Waals surface area contributed by atoms with Gasteiger partial charge in [0.25, 0.3) is 0 Å². The molecule has 1 aliphatic rings. The maximum Gasteiger partial charge on any atom is 0.234 e. The van der Waals surface area contributed by atoms with Crippen molar-refractivity contribution in [3.05, 3.63) is 53.6 Å². The number of rotatable bonds is 5. The summed E-state index contributed by atoms with van der Waals surface area (Å²) in [6.07, 6.45) is 0.604. The van der Waals surface area contributed by atoms with Gasteiger partial charge >= 0.3 is 0 Å². The second-order valence-electron chi connectivity index (χ2n) is 5.59. The third-order valence-corrected chi connectivity index (χ3v) is 4.30. The summed E-state index contributed by atoms with van der Waals surface area (Å²) in [6.45, 7) is 2.50. The summed E-state index contributed by atoms with van der Waals surface area (Å²) >= 11 is 0. The van der Waals surface area contributed by atoms with Crippen LogP contribution in [0, 0.1) is 0 Å². The van der Waals surface area contributed by atoms with Crippen LogP contribution in [-0.2, 0) is 11.2 Å². The van der Waals surface area contributed by atoms with Gasteiger partial charge in [0.1, 0.15) is 0 Å². The standard InChI is InChI=1S/C19H21NO3/c1-4-23-18-13(8-7-11-17(18)22-3)12-15-14-9-5-6-10-16(14)20(2)19(15)21/h5-11,15H,4,12H2,1-3H3. The van der Waals surface area contributed by atoms with Crippen molar-refractivity contribution < 1.29 is 14.3 Å². The lowest BCUT2D eigenvalue weighted by Crippen LogP contribution is -2.25. The highest BCUT2D eigenvalue weighted by molar-refractivity contribution is 6.04. The first-order valence-electron chi connectivity index (χ1n) is 7.82. The van der Waals surface area contributed by atoms with E-state index in [0.717, 1.165) is 22.6 Å². The molecule has 4 heteroatoms. The average Bonchev–Trinajstić information content (AvgIpc) is 2.82. The van der Waals surface area contributed by atoms with E-state index in [1.54, 1.807) is 12.0 Å². The number of hydrogen-bond donors (Lipinski definition) is 0. The zero-order valence-electron chi connectivity index (χ0n) is 13.7. The van der Waals surface area contributed by atoms with Crippen LogP contribution in [0.1, 0.15) is 24.0 Å². The van der Waals surface area contributed by atoms with Crippen LogP contribution in [0.25, 0.3) is 0 Å². The van der Waals surface area contributed by atoms with Crippen LogP contribution in [0.4, 0.5) is 5.69 Å². The summed E-state index contributed by atoms with van der Waals surface area (Å²) < 4.78 is 11.2. The Morgan fingerprint density at radius 3 is 2.65 bits per heavy atom. The van der Waals surface area contributed by atoms with Gasteiger partial charge in [-0.25, -0.2) is 0 Å². The molecule has 3 rings (SSSR count). The van der Waals surface area contributed by atoms with Crippen molar-refractivity contribution in [2.75, 3.05) is 25.7 Å². The molecular weight excluding hydrogens is 290 g/mol. The van der Waals surface area contributed by atoms with Gasteiger partial charge in [-0.15, -0.1) is 0 Å². The summed E-state index contributed by atoms with van der Waals surface area (Å²) in [5.41, 5.74) is 3.06. The van der Waals surface area contributed by atoms with Crippen LogP contribution in [0.3, 0.4) is 0 Å². The number of anilines is 1. The fourth-order valence-electron chi connectivity index (χ4n) is 3.18. The minimum Gasteiger partial charge on any atom is -0.493 e. The summed E-state index contributed by atoms with van der Waals surface area (Å²) in [7, 11) is 3.46. The van der Waals surface area contributed by atoms with Crippen LogP contribution < -0.4 is 14.4 Å². The number of likely N-dealkylation sites (N-methyl/N-ethyl adjacent to an activating group) is 1. The number of fused-ring (bicyclic) bond motifs is 1. The molecule has 0 radical (unpaired) electrons. The van der Waals surface area contributed by atoms with Gasteiger partial charge in [0, 0.05) is 12.7 Å². The van der Waals surface area contributed by atoms with Crippen LogP contribution in [0.2, 0.25) is 0 Å². The quantitative estimate of drug-likeness (QED) is 0.849. The largest absolute Gasteiger partial charge is 0.493 e. The van der Waals surface area contributed by atoms with Gasteiger partial charge in [-0.05, 0) is 36.6 Å². The zero-order chi connectivity index (χ0) is 16.4. The molecule has 0 fully saturated rings. The number of para-hydroxylation sites is 2. The summed E-state index contributed by atoms with van der Waals surface area (Å²) in [6, 6.07) is 13.8. The van der Waals surface area contributed by atoms with Crippen LogP contribution in [0.5, 0.6) is 11.5 Å². The number of carbonyl (C=O) groups excluding carboxylic acids is 1. The number of carbonyl (C=O) groups is 1. The molecular formula is C19H21NO3. The molecule has 1 aliphatic heterocycles. The molecule has 1 heterocycles. The zero-order valence-corrected chi connectivity index (χ0v) is 13.7. The van der Waals surface area contributed by atoms with Gasteiger partial charge in [-0.1, -0.05) is 30.3 Å². The van der Waals surface area contributed by atoms with E-state index >= 15 is 0 Å². The number of amides is 1. The van der Waals surface area contributed by atoms with Crippen molar-refractivity contribution in [1.29, 1.82) is 0 Å². The third kappa shape index (κ3) is 2.65. The molecule has 0 saturated carbocycles. The van der Waals surface area contributed by atoms with E-state index in [2.05, 4.69) is 0 Å². The minimum absolute atomic E-state index is 0.122. The van der Waals surface area contributed by atoms with Crippen molar-refractivity contribution in [3.63, 3.8) is 0 Å². The molecule has 4 nitrogen and oxygen atoms in total. The summed E-state index contributed by atoms with van der Waals surface area (Å²) in [4.78, 5) is 14.4. The van der Waals surface area contributed by atoms with E-state index in [1.807, 2.05) is 56.4 Å². The lowest BCUT2D eigenvalue weighted by Gasteiger charge is -2.16. The molecule has 120 valence electrons. The number of methoxy groups -OCH3 is 1. The molecule has 0 aliphatic carbocycles. The molecule has 0 spiro atoms. The second kappa shape index (κ2) is 6.32. The minimum atomic E-state index is -0.178. The summed E-state index contributed by atoms with van der Waals surface area (Å²) in [5.74, 6) is 1.38. The monoisotopic (exact) mass is 311 g/mol. The fraction of sp³-hybridized carbons (Fsp3) is 0.316. The van der Waals surface area contributed by atoms with Gasteiger partial charge in [0.05, 0.1) is 19.6 Å². The highest BCUT2D eigenvalue weighted by atomic mass is 16.5. The third-order valence-electron chi connectivity index (χ3n) is 4.30. The topological polar surface area (TPSA) is 38.8 Å². The van der Waals surface area contributed by atoms with Gasteiger partial charge in [0.15, 0.2) is 11.5 Å². The van der Waals surface area contributed by atoms with Gasteiger partial charge in [-0.2, -0.15) is 0 Å². The maximum atomic E-state index is 12.6. The van der Waals surface area contributed by atoms with E-state index in [9.17, 15) is 4.79 Å². The van der Waals surface area contributed by atoms with E-state index in [-0.39, 0.29) is 11.8 Å². The van der Waals surface area contributed by atoms with Crippen molar-refractivity contribution in [2.45, 2.75) is 19.3 Å². The highest BCUT2D eigenvalue weighted by Crippen LogP contribution is 2.41. The molecule has 1 unspecified atom stereocenters. The van der Waals surface area contributed by atoms with Crippen molar-refractivity contribution >= 4 is 11.6 Å². The lowest BCUT2D eigenvalue weighted by atomic mass is 9.92. The molecule has 1 atom stereocenters. The molecule has 2 aromatic rings. The number of ether oxygens (including phenoxy) is 2. The Labute approximate surface area is 136 Å². The Hall–Kier alpha value is -2.49. The van der Waals surface area contributed by atoms with E-state index < -0.39 is 0 Å². The molecule has 0 saturated heterocycles. The Morgan fingerprint density at radius 2 is 1.91 bits per heavy atom. The first-order valence-corrected chi connectivity index (χ1v) is 7.82. The molecule has 0 aromatic heterocycles. The average molecular weight is 311 g/mol. The van der Waals surface area contributed by atoms with Crippen LogP contribution in [0.15, 0.2) is 42.5 Å². The SMILES string of the molecule is CCOc1c(CC2C(=O)N(C)c3ccccc32)cccc1OC. The normalized spacial score (nSPS) is 16.4. The van der Waals surface area contributed by atoms with Crippen LogP contribution in [-0.4, -0.2) is 26.7 Å². The van der Waals surface area contributed by atoms with Gasteiger partial charge in [0.2, 0.25) is 5.91 Å². The highest BCUT2D eigenvalue weighted by Gasteiger charge is 2.35. The predicted molar refractivity (Wildman–Crippen MR) is 90.5 cm³/mol. The molecule has 0 N–H and O–H groups in total. The molecule has 0 bridgehead atoms. The predicted octanol–water partition coefficient (Wildman–Crippen LogP) is 3.40. The first-order chi connectivity index (χ1) is 11.2. The van der Waals surface area contributed by atoms with E-state index in [4.69, 9.17) is 9.47 Å². The Kier molecular flexibility index (Phi) is 4.24. The van der Waals surface area contributed by atoms with E-state index in [0.29, 0.717) is 18.8 Å². The number of benzene rings is 2. The number of hydrogen-bond acceptors (Lipinski definition) is 3. The van der Waals surface area contributed by atoms with Gasteiger partial charge in [-0.3, -0.25) is 4.79 Å². The number of nitrogens with zero attached hydrogens (tertiary/aromatic N) is 1. The van der Waals surface area contributed by atoms with Crippen molar-refractivity contribution in [1.82, 2.24) is 0 Å². The van der Waals surface area contributed by atoms with Crippen molar-refractivity contribution in [3.8, 4) is 11.5 Å². The second-order valence-corrected chi connectivity index (χ2v) is 5.59. The van der Waals surface area contributed by atoms with Crippen molar-refractivity contribution in [2.24, 2.45) is 0 Å². The smallest absolute Gasteiger partial charge is 0.234 e. The first kappa shape index (κ1) is 15.4. The lowest BCUT2D eigenvalue weighted by molar-refractivity contribution is -0.119. The Morgan fingerprint density at radius 1 is 1.13 bits per heavy atom. The van der Waals surface area contributed by atoms with E-state index in [1.165, 1.54) is 0 Å². The van der Waals surface area contributed by atoms with Crippen LogP contribution >= 0.6 is 0 Å². The summed E-state index contributed by atoms with van der Waals surface area (Å²) in [5, 5.41) is 0. The van der Waals surface area contributed by atoms with Gasteiger partial charge < -0.3 is 14.4 Å². The Bertz CT molecular complexity index is 726. The molecule has 23 heavy (non-hydrogen) atoms. The Balaban J connectivity index is 1.98. The molecule has 2 aromatic carbocycles. The fourth-order valence-corrected chi connectivity index (χ4v) is 3.18.